The van der Waals surface area contributed by atoms with Crippen molar-refractivity contribution in [3.05, 3.63) is 65.2 Å². The molecule has 4 nitrogen and oxygen atoms in total. The normalized spacial score (nSPS) is 26.4. The molecule has 1 N–H and O–H groups in total. The molecule has 27 heavy (non-hydrogen) atoms. The fourth-order valence-corrected chi connectivity index (χ4v) is 5.22. The maximum absolute atomic E-state index is 13.4. The van der Waals surface area contributed by atoms with E-state index in [1.54, 1.807) is 7.11 Å². The number of carbonyl (C=O) groups is 1. The molecule has 2 heterocycles. The zero-order chi connectivity index (χ0) is 19.0. The summed E-state index contributed by atoms with van der Waals surface area (Å²) in [6, 6.07) is 16.3. The predicted octanol–water partition coefficient (Wildman–Crippen LogP) is 3.60. The highest BCUT2D eigenvalue weighted by Gasteiger charge is 2.57. The van der Waals surface area contributed by atoms with Gasteiger partial charge in [-0.2, -0.15) is 0 Å². The highest BCUT2D eigenvalue weighted by molar-refractivity contribution is 5.97. The maximum Gasteiger partial charge on any atom is 0.254 e. The van der Waals surface area contributed by atoms with E-state index >= 15 is 0 Å². The molecule has 0 saturated carbocycles. The lowest BCUT2D eigenvalue weighted by Gasteiger charge is -2.36. The number of hydrogen-bond donors (Lipinski definition) is 1. The highest BCUT2D eigenvalue weighted by Crippen LogP contribution is 2.52. The van der Waals surface area contributed by atoms with Crippen LogP contribution in [0.25, 0.3) is 0 Å². The van der Waals surface area contributed by atoms with E-state index in [0.29, 0.717) is 5.56 Å². The van der Waals surface area contributed by atoms with Gasteiger partial charge in [-0.15, -0.1) is 0 Å². The second kappa shape index (κ2) is 7.01. The van der Waals surface area contributed by atoms with Crippen LogP contribution >= 0.6 is 0 Å². The van der Waals surface area contributed by atoms with Crippen LogP contribution in [0.1, 0.15) is 40.7 Å². The zero-order valence-electron chi connectivity index (χ0n) is 16.0. The fourth-order valence-electron chi connectivity index (χ4n) is 5.22. The minimum atomic E-state index is -0.243. The van der Waals surface area contributed by atoms with Gasteiger partial charge < -0.3 is 14.7 Å². The van der Waals surface area contributed by atoms with Gasteiger partial charge in [0.25, 0.3) is 5.91 Å². The molecule has 2 aromatic rings. The monoisotopic (exact) mass is 365 g/mol. The number of carbonyl (C=O) groups excluding carboxylic acids is 1. The van der Waals surface area contributed by atoms with Gasteiger partial charge in [-0.05, 0) is 50.3 Å². The Hall–Kier alpha value is -2.33. The van der Waals surface area contributed by atoms with Crippen LogP contribution < -0.4 is 4.74 Å². The largest absolute Gasteiger partial charge is 0.496 e. The Morgan fingerprint density at radius 2 is 1.96 bits per heavy atom. The maximum atomic E-state index is 13.4. The first-order chi connectivity index (χ1) is 13.1. The first-order valence-corrected chi connectivity index (χ1v) is 9.71. The topological polar surface area (TPSA) is 49.8 Å². The molecule has 2 fully saturated rings. The van der Waals surface area contributed by atoms with E-state index < -0.39 is 0 Å². The Labute approximate surface area is 160 Å². The Kier molecular flexibility index (Phi) is 4.68. The molecule has 3 atom stereocenters. The lowest BCUT2D eigenvalue weighted by atomic mass is 9.70. The van der Waals surface area contributed by atoms with Crippen LogP contribution in [0.15, 0.2) is 48.5 Å². The Balaban J connectivity index is 1.65. The number of amides is 1. The third kappa shape index (κ3) is 2.92. The molecule has 0 aliphatic carbocycles. The number of aliphatic hydroxyl groups is 1. The molecular formula is C23H27NO3. The van der Waals surface area contributed by atoms with Crippen molar-refractivity contribution in [1.82, 2.24) is 4.90 Å². The fraction of sp³-hybridized carbons (Fsp3) is 0.435. The molecule has 2 saturated heterocycles. The van der Waals surface area contributed by atoms with Crippen molar-refractivity contribution < 1.29 is 14.6 Å². The first-order valence-electron chi connectivity index (χ1n) is 9.71. The van der Waals surface area contributed by atoms with Gasteiger partial charge in [0.05, 0.1) is 13.7 Å². The zero-order valence-corrected chi connectivity index (χ0v) is 16.0. The number of aliphatic hydroxyl groups excluding tert-OH is 1. The predicted molar refractivity (Wildman–Crippen MR) is 105 cm³/mol. The van der Waals surface area contributed by atoms with E-state index in [4.69, 9.17) is 4.74 Å². The van der Waals surface area contributed by atoms with Crippen LogP contribution in [-0.4, -0.2) is 41.7 Å². The van der Waals surface area contributed by atoms with E-state index in [-0.39, 0.29) is 30.0 Å². The molecule has 2 bridgehead atoms. The summed E-state index contributed by atoms with van der Waals surface area (Å²) >= 11 is 0. The van der Waals surface area contributed by atoms with E-state index in [2.05, 4.69) is 17.0 Å². The van der Waals surface area contributed by atoms with Crippen LogP contribution in [0.4, 0.5) is 0 Å². The first kappa shape index (κ1) is 18.1. The van der Waals surface area contributed by atoms with Gasteiger partial charge in [-0.25, -0.2) is 0 Å². The molecule has 0 radical (unpaired) electrons. The summed E-state index contributed by atoms with van der Waals surface area (Å²) < 4.78 is 5.40. The van der Waals surface area contributed by atoms with E-state index in [9.17, 15) is 9.90 Å². The van der Waals surface area contributed by atoms with Crippen molar-refractivity contribution in [2.75, 3.05) is 13.7 Å². The van der Waals surface area contributed by atoms with Gasteiger partial charge in [-0.1, -0.05) is 36.4 Å². The van der Waals surface area contributed by atoms with E-state index in [0.717, 1.165) is 37.0 Å². The number of ether oxygens (including phenoxy) is 1. The molecule has 142 valence electrons. The van der Waals surface area contributed by atoms with Gasteiger partial charge in [0.1, 0.15) is 5.75 Å². The molecule has 2 aromatic carbocycles. The highest BCUT2D eigenvalue weighted by atomic mass is 16.5. The Morgan fingerprint density at radius 3 is 2.67 bits per heavy atom. The molecule has 4 heteroatoms. The quantitative estimate of drug-likeness (QED) is 0.881. The minimum absolute atomic E-state index is 0.0716. The van der Waals surface area contributed by atoms with Gasteiger partial charge in [0.15, 0.2) is 0 Å². The van der Waals surface area contributed by atoms with Crippen LogP contribution in [0.2, 0.25) is 0 Å². The van der Waals surface area contributed by atoms with Gasteiger partial charge >= 0.3 is 0 Å². The van der Waals surface area contributed by atoms with Crippen molar-refractivity contribution in [1.29, 1.82) is 0 Å². The lowest BCUT2D eigenvalue weighted by Crippen LogP contribution is -2.44. The van der Waals surface area contributed by atoms with Gasteiger partial charge in [-0.3, -0.25) is 4.79 Å². The van der Waals surface area contributed by atoms with Gasteiger partial charge in [0, 0.05) is 28.6 Å². The summed E-state index contributed by atoms with van der Waals surface area (Å²) in [6.45, 7) is 2.05. The third-order valence-corrected chi connectivity index (χ3v) is 6.53. The van der Waals surface area contributed by atoms with Crippen LogP contribution in [0, 0.1) is 12.3 Å². The van der Waals surface area contributed by atoms with Crippen molar-refractivity contribution in [2.24, 2.45) is 5.41 Å². The summed E-state index contributed by atoms with van der Waals surface area (Å²) in [5, 5.41) is 10.3. The van der Waals surface area contributed by atoms with Crippen molar-refractivity contribution in [3.8, 4) is 5.75 Å². The average Bonchev–Trinajstić information content (AvgIpc) is 3.24. The Morgan fingerprint density at radius 1 is 1.19 bits per heavy atom. The Bertz CT molecular complexity index is 835. The number of benzene rings is 2. The number of nitrogens with zero attached hydrogens (tertiary/aromatic N) is 1. The average molecular weight is 365 g/mol. The van der Waals surface area contributed by atoms with Crippen LogP contribution in [-0.2, 0) is 6.42 Å². The summed E-state index contributed by atoms with van der Waals surface area (Å²) in [4.78, 5) is 15.5. The van der Waals surface area contributed by atoms with E-state index in [1.165, 1.54) is 5.56 Å². The van der Waals surface area contributed by atoms with Crippen LogP contribution in [0.3, 0.4) is 0 Å². The summed E-state index contributed by atoms with van der Waals surface area (Å²) in [5.74, 6) is 0.812. The number of rotatable bonds is 5. The molecule has 1 amide bonds. The summed E-state index contributed by atoms with van der Waals surface area (Å²) in [6.07, 6.45) is 3.67. The molecular weight excluding hydrogens is 338 g/mol. The number of fused-ring (bicyclic) bond motifs is 2. The molecule has 2 aliphatic rings. The summed E-state index contributed by atoms with van der Waals surface area (Å²) in [7, 11) is 1.63. The van der Waals surface area contributed by atoms with Crippen LogP contribution in [0.5, 0.6) is 5.75 Å². The molecule has 0 aromatic heterocycles. The second-order valence-electron chi connectivity index (χ2n) is 7.98. The molecule has 4 rings (SSSR count). The minimum Gasteiger partial charge on any atom is -0.496 e. The van der Waals surface area contributed by atoms with Crippen molar-refractivity contribution in [2.45, 2.75) is 44.7 Å². The number of methoxy groups -OCH3 is 1. The second-order valence-corrected chi connectivity index (χ2v) is 7.98. The van der Waals surface area contributed by atoms with Gasteiger partial charge in [0.2, 0.25) is 0 Å². The van der Waals surface area contributed by atoms with Crippen molar-refractivity contribution in [3.63, 3.8) is 0 Å². The molecule has 2 aliphatic heterocycles. The SMILES string of the molecule is COc1cccc(C(=O)N2[C@H]3CC[C@@H]2[C@@](CO)(Cc2ccccc2)C3)c1C. The molecule has 0 spiro atoms. The standard InChI is InChI=1S/C23H27NO3/c1-16-19(9-6-10-20(16)27-2)22(26)24-18-11-12-21(24)23(14-18,15-25)13-17-7-4-3-5-8-17/h3-10,18,21,25H,11-15H2,1-2H3/t18-,21+,23-/m0/s1. The smallest absolute Gasteiger partial charge is 0.254 e. The van der Waals surface area contributed by atoms with E-state index in [1.807, 2.05) is 43.3 Å². The third-order valence-electron chi connectivity index (χ3n) is 6.53. The summed E-state index contributed by atoms with van der Waals surface area (Å²) in [5.41, 5.74) is 2.57. The molecule has 0 unspecified atom stereocenters. The van der Waals surface area contributed by atoms with Crippen molar-refractivity contribution >= 4 is 5.91 Å². The lowest BCUT2D eigenvalue weighted by molar-refractivity contribution is 0.0570. The number of hydrogen-bond acceptors (Lipinski definition) is 3.